The number of rotatable bonds is 2. The standard InChI is InChI=1S/C12H17FO/c1-7(2)10-5-9(13)6-11(8(3)4)12(10)14/h5-8,14H,1-4H3. The van der Waals surface area contributed by atoms with Crippen molar-refractivity contribution < 1.29 is 9.50 Å². The maximum Gasteiger partial charge on any atom is 0.124 e. The summed E-state index contributed by atoms with van der Waals surface area (Å²) in [5.41, 5.74) is 1.38. The van der Waals surface area contributed by atoms with Gasteiger partial charge in [0.05, 0.1) is 0 Å². The van der Waals surface area contributed by atoms with Crippen molar-refractivity contribution in [2.45, 2.75) is 39.5 Å². The molecular weight excluding hydrogens is 179 g/mol. The summed E-state index contributed by atoms with van der Waals surface area (Å²) in [6.45, 7) is 7.77. The quantitative estimate of drug-likeness (QED) is 0.763. The number of phenolic OH excluding ortho intramolecular Hbond substituents is 1. The van der Waals surface area contributed by atoms with Crippen LogP contribution in [0.1, 0.15) is 50.7 Å². The number of benzene rings is 1. The van der Waals surface area contributed by atoms with E-state index in [0.29, 0.717) is 11.1 Å². The normalized spacial score (nSPS) is 11.4. The summed E-state index contributed by atoms with van der Waals surface area (Å²) < 4.78 is 13.2. The van der Waals surface area contributed by atoms with E-state index in [2.05, 4.69) is 0 Å². The van der Waals surface area contributed by atoms with E-state index in [1.165, 1.54) is 12.1 Å². The number of hydrogen-bond acceptors (Lipinski definition) is 1. The molecule has 1 aromatic rings. The van der Waals surface area contributed by atoms with Gasteiger partial charge in [-0.1, -0.05) is 27.7 Å². The highest BCUT2D eigenvalue weighted by Gasteiger charge is 2.14. The van der Waals surface area contributed by atoms with E-state index in [1.54, 1.807) is 0 Å². The molecule has 0 fully saturated rings. The highest BCUT2D eigenvalue weighted by atomic mass is 19.1. The topological polar surface area (TPSA) is 20.2 Å². The molecule has 1 nitrogen and oxygen atoms in total. The maximum absolute atomic E-state index is 13.2. The van der Waals surface area contributed by atoms with E-state index in [9.17, 15) is 9.50 Å². The highest BCUT2D eigenvalue weighted by molar-refractivity contribution is 5.44. The first kappa shape index (κ1) is 11.0. The van der Waals surface area contributed by atoms with Gasteiger partial charge in [0.25, 0.3) is 0 Å². The van der Waals surface area contributed by atoms with E-state index in [4.69, 9.17) is 0 Å². The molecule has 0 aliphatic heterocycles. The summed E-state index contributed by atoms with van der Waals surface area (Å²) in [5, 5.41) is 9.89. The summed E-state index contributed by atoms with van der Waals surface area (Å²) in [4.78, 5) is 0. The third kappa shape index (κ3) is 2.06. The second-order valence-corrected chi connectivity index (χ2v) is 4.24. The van der Waals surface area contributed by atoms with Crippen LogP contribution < -0.4 is 0 Å². The van der Waals surface area contributed by atoms with Crippen molar-refractivity contribution in [1.29, 1.82) is 0 Å². The molecule has 0 aliphatic carbocycles. The Hall–Kier alpha value is -1.05. The Kier molecular flexibility index (Phi) is 3.14. The second-order valence-electron chi connectivity index (χ2n) is 4.24. The zero-order valence-electron chi connectivity index (χ0n) is 9.13. The maximum atomic E-state index is 13.2. The third-order valence-corrected chi connectivity index (χ3v) is 2.38. The first-order valence-electron chi connectivity index (χ1n) is 4.95. The molecule has 78 valence electrons. The van der Waals surface area contributed by atoms with Crippen LogP contribution in [0.3, 0.4) is 0 Å². The first-order valence-corrected chi connectivity index (χ1v) is 4.95. The monoisotopic (exact) mass is 196 g/mol. The molecule has 0 unspecified atom stereocenters. The van der Waals surface area contributed by atoms with Gasteiger partial charge in [0.2, 0.25) is 0 Å². The molecule has 0 saturated carbocycles. The molecule has 0 amide bonds. The van der Waals surface area contributed by atoms with Crippen molar-refractivity contribution >= 4 is 0 Å². The Morgan fingerprint density at radius 2 is 1.36 bits per heavy atom. The smallest absolute Gasteiger partial charge is 0.124 e. The molecule has 0 aromatic heterocycles. The summed E-state index contributed by atoms with van der Waals surface area (Å²) >= 11 is 0. The van der Waals surface area contributed by atoms with Crippen molar-refractivity contribution in [1.82, 2.24) is 0 Å². The summed E-state index contributed by atoms with van der Waals surface area (Å²) in [7, 11) is 0. The van der Waals surface area contributed by atoms with Crippen LogP contribution in [0.15, 0.2) is 12.1 Å². The van der Waals surface area contributed by atoms with Gasteiger partial charge in [-0.3, -0.25) is 0 Å². The second kappa shape index (κ2) is 3.99. The Labute approximate surface area is 84.6 Å². The summed E-state index contributed by atoms with van der Waals surface area (Å²) in [5.74, 6) is 0.262. The lowest BCUT2D eigenvalue weighted by Crippen LogP contribution is -1.97. The van der Waals surface area contributed by atoms with E-state index < -0.39 is 0 Å². The van der Waals surface area contributed by atoms with Crippen molar-refractivity contribution in [2.75, 3.05) is 0 Å². The number of halogens is 1. The van der Waals surface area contributed by atoms with Crippen molar-refractivity contribution in [2.24, 2.45) is 0 Å². The van der Waals surface area contributed by atoms with Crippen LogP contribution in [0.2, 0.25) is 0 Å². The molecule has 0 radical (unpaired) electrons. The molecule has 0 aliphatic rings. The predicted molar refractivity (Wildman–Crippen MR) is 56.2 cm³/mol. The van der Waals surface area contributed by atoms with Gasteiger partial charge in [0.1, 0.15) is 11.6 Å². The van der Waals surface area contributed by atoms with Crippen LogP contribution in [-0.2, 0) is 0 Å². The molecule has 0 bridgehead atoms. The number of phenols is 1. The lowest BCUT2D eigenvalue weighted by atomic mass is 9.94. The Morgan fingerprint density at radius 1 is 1.00 bits per heavy atom. The van der Waals surface area contributed by atoms with Gasteiger partial charge in [-0.25, -0.2) is 4.39 Å². The van der Waals surface area contributed by atoms with E-state index >= 15 is 0 Å². The Balaban J connectivity index is 3.32. The van der Waals surface area contributed by atoms with Gasteiger partial charge < -0.3 is 5.11 Å². The van der Waals surface area contributed by atoms with Crippen LogP contribution in [0, 0.1) is 5.82 Å². The SMILES string of the molecule is CC(C)c1cc(F)cc(C(C)C)c1O. The first-order chi connectivity index (χ1) is 6.43. The molecular formula is C12H17FO. The lowest BCUT2D eigenvalue weighted by Gasteiger charge is -2.14. The zero-order chi connectivity index (χ0) is 10.9. The van der Waals surface area contributed by atoms with Gasteiger partial charge in [-0.2, -0.15) is 0 Å². The average Bonchev–Trinajstić information content (AvgIpc) is 2.07. The minimum Gasteiger partial charge on any atom is -0.507 e. The zero-order valence-corrected chi connectivity index (χ0v) is 9.13. The molecule has 1 N–H and O–H groups in total. The van der Waals surface area contributed by atoms with Crippen LogP contribution in [0.5, 0.6) is 5.75 Å². The fourth-order valence-electron chi connectivity index (χ4n) is 1.52. The van der Waals surface area contributed by atoms with E-state index in [1.807, 2.05) is 27.7 Å². The molecule has 0 heterocycles. The minimum absolute atomic E-state index is 0.142. The van der Waals surface area contributed by atoms with Crippen LogP contribution in [-0.4, -0.2) is 5.11 Å². The number of aromatic hydroxyl groups is 1. The summed E-state index contributed by atoms with van der Waals surface area (Å²) in [6.07, 6.45) is 0. The molecule has 0 saturated heterocycles. The predicted octanol–water partition coefficient (Wildman–Crippen LogP) is 3.78. The van der Waals surface area contributed by atoms with Crippen molar-refractivity contribution in [3.05, 3.63) is 29.1 Å². The van der Waals surface area contributed by atoms with Gasteiger partial charge in [-0.15, -0.1) is 0 Å². The lowest BCUT2D eigenvalue weighted by molar-refractivity contribution is 0.451. The highest BCUT2D eigenvalue weighted by Crippen LogP contribution is 2.34. The fraction of sp³-hybridized carbons (Fsp3) is 0.500. The molecule has 0 spiro atoms. The molecule has 1 aromatic carbocycles. The largest absolute Gasteiger partial charge is 0.507 e. The molecule has 1 rings (SSSR count). The molecule has 14 heavy (non-hydrogen) atoms. The Bertz CT molecular complexity index is 300. The van der Waals surface area contributed by atoms with Gasteiger partial charge >= 0.3 is 0 Å². The minimum atomic E-state index is -0.268. The van der Waals surface area contributed by atoms with E-state index in [-0.39, 0.29) is 23.4 Å². The van der Waals surface area contributed by atoms with Crippen molar-refractivity contribution in [3.8, 4) is 5.75 Å². The molecule has 0 atom stereocenters. The average molecular weight is 196 g/mol. The van der Waals surface area contributed by atoms with Crippen LogP contribution >= 0.6 is 0 Å². The third-order valence-electron chi connectivity index (χ3n) is 2.38. The van der Waals surface area contributed by atoms with Crippen LogP contribution in [0.4, 0.5) is 4.39 Å². The van der Waals surface area contributed by atoms with Gasteiger partial charge in [-0.05, 0) is 35.1 Å². The molecule has 2 heteroatoms. The van der Waals surface area contributed by atoms with Gasteiger partial charge in [0, 0.05) is 0 Å². The number of hydrogen-bond donors (Lipinski definition) is 1. The van der Waals surface area contributed by atoms with Crippen molar-refractivity contribution in [3.63, 3.8) is 0 Å². The Morgan fingerprint density at radius 3 is 1.64 bits per heavy atom. The summed E-state index contributed by atoms with van der Waals surface area (Å²) in [6, 6.07) is 2.82. The van der Waals surface area contributed by atoms with Crippen LogP contribution in [0.25, 0.3) is 0 Å². The van der Waals surface area contributed by atoms with E-state index in [0.717, 1.165) is 0 Å². The van der Waals surface area contributed by atoms with Gasteiger partial charge in [0.15, 0.2) is 0 Å². The fourth-order valence-corrected chi connectivity index (χ4v) is 1.52.